The Morgan fingerprint density at radius 3 is 2.45 bits per heavy atom. The van der Waals surface area contributed by atoms with E-state index in [2.05, 4.69) is 35.6 Å². The zero-order chi connectivity index (χ0) is 37.5. The molecule has 0 radical (unpaired) electrons. The summed E-state index contributed by atoms with van der Waals surface area (Å²) in [5.74, 6) is -0.272. The molecule has 5 saturated heterocycles. The summed E-state index contributed by atoms with van der Waals surface area (Å²) >= 11 is 0. The van der Waals surface area contributed by atoms with E-state index in [1.54, 1.807) is 0 Å². The second-order valence-electron chi connectivity index (χ2n) is 18.0. The van der Waals surface area contributed by atoms with Gasteiger partial charge >= 0.3 is 0 Å². The maximum Gasteiger partial charge on any atom is 0.256 e. The lowest BCUT2D eigenvalue weighted by Crippen LogP contribution is -2.73. The summed E-state index contributed by atoms with van der Waals surface area (Å²) in [7, 11) is 0. The van der Waals surface area contributed by atoms with Gasteiger partial charge < -0.3 is 40.0 Å². The minimum atomic E-state index is -1.29. The number of carbonyl (C=O) groups is 3. The molecule has 306 valence electrons. The fourth-order valence-corrected chi connectivity index (χ4v) is 12.1. The first-order valence-corrected chi connectivity index (χ1v) is 21.9. The fraction of sp³-hybridized carbons (Fsp3) is 0.878. The molecule has 6 heterocycles. The highest BCUT2D eigenvalue weighted by atomic mass is 19.1. The first-order valence-electron chi connectivity index (χ1n) is 21.9. The van der Waals surface area contributed by atoms with Crippen LogP contribution in [-0.4, -0.2) is 177 Å². The number of likely N-dealkylation sites (tertiary alicyclic amines) is 2. The Morgan fingerprint density at radius 1 is 0.800 bits per heavy atom. The predicted molar refractivity (Wildman–Crippen MR) is 203 cm³/mol. The van der Waals surface area contributed by atoms with E-state index >= 15 is 4.39 Å². The van der Waals surface area contributed by atoms with Gasteiger partial charge in [0.1, 0.15) is 6.17 Å². The van der Waals surface area contributed by atoms with Crippen molar-refractivity contribution in [3.05, 3.63) is 11.8 Å². The van der Waals surface area contributed by atoms with Crippen LogP contribution in [0.5, 0.6) is 0 Å². The number of hydrogen-bond donors (Lipinski definition) is 3. The van der Waals surface area contributed by atoms with Crippen molar-refractivity contribution in [2.45, 2.75) is 125 Å². The van der Waals surface area contributed by atoms with Crippen molar-refractivity contribution in [3.8, 4) is 0 Å². The van der Waals surface area contributed by atoms with E-state index in [0.29, 0.717) is 50.5 Å². The van der Waals surface area contributed by atoms with Crippen LogP contribution in [0.15, 0.2) is 11.8 Å². The van der Waals surface area contributed by atoms with Gasteiger partial charge in [0.05, 0.1) is 61.3 Å². The number of ketones is 1. The van der Waals surface area contributed by atoms with Crippen LogP contribution in [0.2, 0.25) is 0 Å². The van der Waals surface area contributed by atoms with Crippen LogP contribution in [-0.2, 0) is 28.6 Å². The maximum atomic E-state index is 16.8. The summed E-state index contributed by atoms with van der Waals surface area (Å²) in [6, 6.07) is -0.957. The van der Waals surface area contributed by atoms with Crippen molar-refractivity contribution in [1.82, 2.24) is 35.6 Å². The number of rotatable bonds is 12. The highest BCUT2D eigenvalue weighted by molar-refractivity contribution is 6.20. The van der Waals surface area contributed by atoms with Gasteiger partial charge in [0.15, 0.2) is 5.78 Å². The number of nitrogens with zero attached hydrogens (tertiary/aromatic N) is 4. The van der Waals surface area contributed by atoms with E-state index in [-0.39, 0.29) is 59.9 Å². The molecular weight excluding hydrogens is 705 g/mol. The van der Waals surface area contributed by atoms with Gasteiger partial charge in [-0.3, -0.25) is 24.2 Å². The monoisotopic (exact) mass is 769 g/mol. The summed E-state index contributed by atoms with van der Waals surface area (Å²) in [5.41, 5.74) is 0.162. The topological polar surface area (TPSA) is 128 Å². The third-order valence-electron chi connectivity index (χ3n) is 14.8. The molecule has 12 atom stereocenters. The molecular formula is C41H64FN7O6. The van der Waals surface area contributed by atoms with Crippen LogP contribution in [0.4, 0.5) is 4.39 Å². The Kier molecular flexibility index (Phi) is 11.8. The Labute approximate surface area is 325 Å². The van der Waals surface area contributed by atoms with Gasteiger partial charge in [-0.25, -0.2) is 4.39 Å². The number of carbonyl (C=O) groups excluding carboxylic acids is 3. The molecule has 3 aliphatic carbocycles. The molecule has 55 heavy (non-hydrogen) atoms. The van der Waals surface area contributed by atoms with Gasteiger partial charge in [0, 0.05) is 83.5 Å². The minimum absolute atomic E-state index is 0.0139. The van der Waals surface area contributed by atoms with Crippen LogP contribution in [0.1, 0.15) is 70.6 Å². The molecule has 3 saturated carbocycles. The van der Waals surface area contributed by atoms with Crippen molar-refractivity contribution in [1.29, 1.82) is 0 Å². The highest BCUT2D eigenvalue weighted by Crippen LogP contribution is 2.53. The number of fused-ring (bicyclic) bond motifs is 5. The zero-order valence-electron chi connectivity index (χ0n) is 32.6. The van der Waals surface area contributed by atoms with Gasteiger partial charge in [-0.1, -0.05) is 12.8 Å². The number of alkyl halides is 1. The first-order chi connectivity index (χ1) is 26.9. The number of morpholine rings is 2. The number of halogens is 1. The quantitative estimate of drug-likeness (QED) is 0.195. The molecule has 9 rings (SSSR count). The van der Waals surface area contributed by atoms with E-state index in [9.17, 15) is 14.4 Å². The number of ether oxygens (including phenoxy) is 3. The smallest absolute Gasteiger partial charge is 0.256 e. The number of hydrogen-bond acceptors (Lipinski definition) is 11. The second kappa shape index (κ2) is 17.0. The molecule has 8 fully saturated rings. The summed E-state index contributed by atoms with van der Waals surface area (Å²) in [6.07, 6.45) is 10.4. The van der Waals surface area contributed by atoms with Crippen molar-refractivity contribution < 1.29 is 33.0 Å². The Hall–Kier alpha value is -2.20. The predicted octanol–water partition coefficient (Wildman–Crippen LogP) is 1.07. The van der Waals surface area contributed by atoms with Gasteiger partial charge in [-0.05, 0) is 76.3 Å². The van der Waals surface area contributed by atoms with Crippen LogP contribution in [0.25, 0.3) is 0 Å². The minimum Gasteiger partial charge on any atom is -0.379 e. The fourth-order valence-electron chi connectivity index (χ4n) is 12.1. The molecule has 3 N–H and O–H groups in total. The third kappa shape index (κ3) is 7.99. The van der Waals surface area contributed by atoms with E-state index < -0.39 is 24.2 Å². The summed E-state index contributed by atoms with van der Waals surface area (Å²) in [4.78, 5) is 50.1. The molecule has 9 aliphatic rings. The van der Waals surface area contributed by atoms with Crippen molar-refractivity contribution in [3.63, 3.8) is 0 Å². The Morgan fingerprint density at radius 2 is 1.60 bits per heavy atom. The normalized spacial score (nSPS) is 40.6. The van der Waals surface area contributed by atoms with E-state index in [0.717, 1.165) is 84.7 Å². The van der Waals surface area contributed by atoms with Crippen LogP contribution in [0, 0.1) is 17.8 Å². The summed E-state index contributed by atoms with van der Waals surface area (Å²) in [6.45, 7) is 10.4. The number of nitrogens with one attached hydrogen (secondary N) is 3. The van der Waals surface area contributed by atoms with Crippen molar-refractivity contribution >= 4 is 17.6 Å². The average Bonchev–Trinajstić information content (AvgIpc) is 3.96. The second-order valence-corrected chi connectivity index (χ2v) is 18.0. The first kappa shape index (κ1) is 38.3. The van der Waals surface area contributed by atoms with Crippen molar-refractivity contribution in [2.75, 3.05) is 85.2 Å². The molecule has 14 heteroatoms. The highest BCUT2D eigenvalue weighted by Gasteiger charge is 2.62. The van der Waals surface area contributed by atoms with Gasteiger partial charge in [-0.2, -0.15) is 0 Å². The average molecular weight is 770 g/mol. The molecule has 0 bridgehead atoms. The number of amides is 2. The van der Waals surface area contributed by atoms with Crippen LogP contribution in [0.3, 0.4) is 0 Å². The maximum absolute atomic E-state index is 16.8. The lowest BCUT2D eigenvalue weighted by Gasteiger charge is -2.61. The molecule has 0 spiro atoms. The third-order valence-corrected chi connectivity index (χ3v) is 14.8. The molecule has 6 aliphatic heterocycles. The molecule has 0 aromatic heterocycles. The molecule has 12 unspecified atom stereocenters. The molecule has 0 aromatic rings. The largest absolute Gasteiger partial charge is 0.379 e. The van der Waals surface area contributed by atoms with E-state index in [1.165, 1.54) is 32.1 Å². The van der Waals surface area contributed by atoms with Gasteiger partial charge in [0.2, 0.25) is 5.91 Å². The van der Waals surface area contributed by atoms with Crippen molar-refractivity contribution in [2.24, 2.45) is 17.8 Å². The van der Waals surface area contributed by atoms with Crippen LogP contribution >= 0.6 is 0 Å². The lowest BCUT2D eigenvalue weighted by molar-refractivity contribution is -0.220. The number of Topliss-reactive ketones (excluding diaryl/α,β-unsaturated/α-hetero) is 1. The Balaban J connectivity index is 0.878. The van der Waals surface area contributed by atoms with Crippen LogP contribution < -0.4 is 16.0 Å². The molecule has 0 aromatic carbocycles. The Bertz CT molecular complexity index is 1430. The SMILES string of the molecule is O=C(CCNCCN1CCOCC1)NC1CCN(C2C(F)CC3C(=O)C(C(=O)NCCN4CCCC4)=CN4C5CC6OC7CCCCC7C6CC5OC2C34)C1. The van der Waals surface area contributed by atoms with E-state index in [4.69, 9.17) is 14.2 Å². The summed E-state index contributed by atoms with van der Waals surface area (Å²) in [5, 5.41) is 9.67. The lowest BCUT2D eigenvalue weighted by atomic mass is 9.67. The summed E-state index contributed by atoms with van der Waals surface area (Å²) < 4.78 is 36.1. The van der Waals surface area contributed by atoms with Gasteiger partial charge in [0.25, 0.3) is 5.91 Å². The van der Waals surface area contributed by atoms with Gasteiger partial charge in [-0.15, -0.1) is 0 Å². The standard InChI is InChI=1S/C41H64FN7O6/c42-31-21-29-37-40(38(31)48-14-8-26(24-48)45-36(50)7-9-43-10-15-47-17-19-53-20-18-47)55-35-22-28-27-5-1-2-6-33(27)54-34(28)23-32(35)49(37)25-30(39(29)51)41(52)44-11-16-46-12-3-4-13-46/h25-29,31-35,37-38,40,43H,1-24H2,(H,44,52)(H,45,50). The molecule has 13 nitrogen and oxygen atoms in total. The molecule has 2 amide bonds. The van der Waals surface area contributed by atoms with E-state index in [1.807, 2.05) is 6.20 Å². The zero-order valence-corrected chi connectivity index (χ0v) is 32.6.